The Morgan fingerprint density at radius 3 is 2.78 bits per heavy atom. The van der Waals surface area contributed by atoms with Gasteiger partial charge in [0, 0.05) is 23.8 Å². The zero-order chi connectivity index (χ0) is 16.2. The van der Waals surface area contributed by atoms with Crippen molar-refractivity contribution in [3.8, 4) is 0 Å². The Hall–Kier alpha value is -2.19. The third-order valence-electron chi connectivity index (χ3n) is 3.14. The van der Waals surface area contributed by atoms with Crippen molar-refractivity contribution in [3.05, 3.63) is 47.2 Å². The number of anilines is 1. The van der Waals surface area contributed by atoms with Crippen molar-refractivity contribution in [2.24, 2.45) is 7.05 Å². The van der Waals surface area contributed by atoms with Gasteiger partial charge in [-0.05, 0) is 30.7 Å². The highest BCUT2D eigenvalue weighted by atomic mass is 32.2. The molecule has 0 unspecified atom stereocenters. The minimum atomic E-state index is -0.139. The molecule has 0 aliphatic heterocycles. The lowest BCUT2D eigenvalue weighted by atomic mass is 10.2. The number of benzene rings is 1. The fourth-order valence-electron chi connectivity index (χ4n) is 2.10. The second-order valence-electron chi connectivity index (χ2n) is 4.80. The maximum absolute atomic E-state index is 12.4. The van der Waals surface area contributed by atoms with Crippen LogP contribution in [-0.4, -0.2) is 25.9 Å². The summed E-state index contributed by atoms with van der Waals surface area (Å²) in [5.41, 5.74) is 3.87. The zero-order valence-corrected chi connectivity index (χ0v) is 14.3. The van der Waals surface area contributed by atoms with E-state index in [1.54, 1.807) is 28.2 Å². The summed E-state index contributed by atoms with van der Waals surface area (Å²) < 4.78 is 2.56. The van der Waals surface area contributed by atoms with Crippen molar-refractivity contribution >= 4 is 34.7 Å². The molecule has 2 aromatic heterocycles. The molecule has 2 heterocycles. The van der Waals surface area contributed by atoms with E-state index in [1.165, 1.54) is 11.3 Å². The van der Waals surface area contributed by atoms with Crippen molar-refractivity contribution in [2.75, 3.05) is 5.32 Å². The molecule has 1 aromatic carbocycles. The third-order valence-corrected chi connectivity index (χ3v) is 4.93. The second-order valence-corrected chi connectivity index (χ2v) is 6.96. The van der Waals surface area contributed by atoms with Gasteiger partial charge >= 0.3 is 0 Å². The third kappa shape index (κ3) is 3.77. The molecule has 3 rings (SSSR count). The van der Waals surface area contributed by atoms with Crippen molar-refractivity contribution < 1.29 is 4.79 Å². The van der Waals surface area contributed by atoms with Crippen LogP contribution in [0.15, 0.2) is 45.2 Å². The van der Waals surface area contributed by atoms with Crippen LogP contribution in [0.4, 0.5) is 5.69 Å². The molecule has 0 radical (unpaired) electrons. The van der Waals surface area contributed by atoms with E-state index in [-0.39, 0.29) is 5.91 Å². The van der Waals surface area contributed by atoms with Crippen LogP contribution in [0, 0.1) is 0 Å². The predicted molar refractivity (Wildman–Crippen MR) is 91.0 cm³/mol. The molecule has 23 heavy (non-hydrogen) atoms. The van der Waals surface area contributed by atoms with E-state index in [1.807, 2.05) is 38.2 Å². The number of carbonyl (C=O) groups excluding carboxylic acids is 1. The number of amides is 1. The monoisotopic (exact) mass is 345 g/mol. The van der Waals surface area contributed by atoms with Crippen LogP contribution in [-0.2, 0) is 13.5 Å². The molecule has 0 atom stereocenters. The number of hydrogen-bond donors (Lipinski definition) is 1. The first-order valence-electron chi connectivity index (χ1n) is 7.03. The van der Waals surface area contributed by atoms with Gasteiger partial charge in [-0.15, -0.1) is 10.2 Å². The van der Waals surface area contributed by atoms with Crippen molar-refractivity contribution in [3.63, 3.8) is 0 Å². The molecule has 6 nitrogen and oxygen atoms in total. The standard InChI is InChI=1S/C15H15N5OS2/c1-3-13-12(8-20(2)19-13)14(21)17-10-4-6-11(7-5-10)23-15-18-16-9-22-15/h4-9H,3H2,1-2H3,(H,17,21). The average Bonchev–Trinajstić information content (AvgIpc) is 3.18. The summed E-state index contributed by atoms with van der Waals surface area (Å²) in [6.45, 7) is 1.98. The molecule has 0 aliphatic rings. The molecular weight excluding hydrogens is 330 g/mol. The van der Waals surface area contributed by atoms with Gasteiger partial charge in [0.15, 0.2) is 4.34 Å². The SMILES string of the molecule is CCc1nn(C)cc1C(=O)Nc1ccc(Sc2nncs2)cc1. The van der Waals surface area contributed by atoms with Gasteiger partial charge in [0.05, 0.1) is 11.3 Å². The number of carbonyl (C=O) groups is 1. The van der Waals surface area contributed by atoms with E-state index in [0.717, 1.165) is 27.0 Å². The molecule has 0 bridgehead atoms. The van der Waals surface area contributed by atoms with E-state index in [2.05, 4.69) is 20.6 Å². The van der Waals surface area contributed by atoms with Gasteiger partial charge in [0.2, 0.25) is 0 Å². The van der Waals surface area contributed by atoms with Gasteiger partial charge < -0.3 is 5.32 Å². The second kappa shape index (κ2) is 6.93. The van der Waals surface area contributed by atoms with Crippen LogP contribution in [0.2, 0.25) is 0 Å². The summed E-state index contributed by atoms with van der Waals surface area (Å²) in [5.74, 6) is -0.139. The topological polar surface area (TPSA) is 72.7 Å². The van der Waals surface area contributed by atoms with Crippen LogP contribution in [0.3, 0.4) is 0 Å². The number of hydrogen-bond acceptors (Lipinski definition) is 6. The Morgan fingerprint density at radius 1 is 1.35 bits per heavy atom. The number of nitrogens with zero attached hydrogens (tertiary/aromatic N) is 4. The van der Waals surface area contributed by atoms with Gasteiger partial charge in [0.25, 0.3) is 5.91 Å². The molecule has 0 aliphatic carbocycles. The van der Waals surface area contributed by atoms with Crippen LogP contribution < -0.4 is 5.32 Å². The van der Waals surface area contributed by atoms with Crippen molar-refractivity contribution in [2.45, 2.75) is 22.6 Å². The molecule has 3 aromatic rings. The number of aromatic nitrogens is 4. The summed E-state index contributed by atoms with van der Waals surface area (Å²) in [4.78, 5) is 13.4. The lowest BCUT2D eigenvalue weighted by Gasteiger charge is -2.05. The maximum Gasteiger partial charge on any atom is 0.259 e. The molecule has 1 N–H and O–H groups in total. The molecule has 1 amide bonds. The molecule has 0 saturated carbocycles. The summed E-state index contributed by atoms with van der Waals surface area (Å²) in [5, 5.41) is 15.0. The van der Waals surface area contributed by atoms with Gasteiger partial charge in [0.1, 0.15) is 5.51 Å². The largest absolute Gasteiger partial charge is 0.322 e. The Balaban J connectivity index is 1.69. The molecule has 0 spiro atoms. The predicted octanol–water partition coefficient (Wildman–Crippen LogP) is 3.24. The minimum absolute atomic E-state index is 0.139. The Bertz CT molecular complexity index is 796. The van der Waals surface area contributed by atoms with Crippen LogP contribution in [0.1, 0.15) is 23.0 Å². The van der Waals surface area contributed by atoms with Gasteiger partial charge in [-0.25, -0.2) is 0 Å². The van der Waals surface area contributed by atoms with E-state index in [0.29, 0.717) is 5.56 Å². The molecule has 8 heteroatoms. The Labute approximate surface area is 141 Å². The fraction of sp³-hybridized carbons (Fsp3) is 0.200. The first-order valence-corrected chi connectivity index (χ1v) is 8.73. The van der Waals surface area contributed by atoms with Crippen LogP contribution in [0.25, 0.3) is 0 Å². The van der Waals surface area contributed by atoms with Crippen LogP contribution in [0.5, 0.6) is 0 Å². The molecule has 0 saturated heterocycles. The van der Waals surface area contributed by atoms with E-state index in [9.17, 15) is 4.79 Å². The number of aryl methyl sites for hydroxylation is 2. The molecule has 118 valence electrons. The normalized spacial score (nSPS) is 10.7. The lowest BCUT2D eigenvalue weighted by Crippen LogP contribution is -2.13. The maximum atomic E-state index is 12.4. The van der Waals surface area contributed by atoms with E-state index >= 15 is 0 Å². The summed E-state index contributed by atoms with van der Waals surface area (Å²) in [7, 11) is 1.81. The fourth-order valence-corrected chi connectivity index (χ4v) is 3.55. The highest BCUT2D eigenvalue weighted by Gasteiger charge is 2.14. The Morgan fingerprint density at radius 2 is 2.13 bits per heavy atom. The van der Waals surface area contributed by atoms with Gasteiger partial charge in [-0.3, -0.25) is 9.48 Å². The van der Waals surface area contributed by atoms with Crippen LogP contribution >= 0.6 is 23.1 Å². The Kier molecular flexibility index (Phi) is 4.73. The molecular formula is C15H15N5OS2. The van der Waals surface area contributed by atoms with Gasteiger partial charge in [-0.2, -0.15) is 5.10 Å². The summed E-state index contributed by atoms with van der Waals surface area (Å²) in [6.07, 6.45) is 2.47. The van der Waals surface area contributed by atoms with E-state index < -0.39 is 0 Å². The smallest absolute Gasteiger partial charge is 0.259 e. The van der Waals surface area contributed by atoms with E-state index in [4.69, 9.17) is 0 Å². The quantitative estimate of drug-likeness (QED) is 0.768. The first kappa shape index (κ1) is 15.7. The van der Waals surface area contributed by atoms with Gasteiger partial charge in [-0.1, -0.05) is 30.0 Å². The first-order chi connectivity index (χ1) is 11.2. The van der Waals surface area contributed by atoms with Crippen molar-refractivity contribution in [1.82, 2.24) is 20.0 Å². The zero-order valence-electron chi connectivity index (χ0n) is 12.7. The molecule has 0 fully saturated rings. The number of rotatable bonds is 5. The highest BCUT2D eigenvalue weighted by Crippen LogP contribution is 2.29. The average molecular weight is 345 g/mol. The summed E-state index contributed by atoms with van der Waals surface area (Å²) >= 11 is 3.04. The lowest BCUT2D eigenvalue weighted by molar-refractivity contribution is 0.102. The highest BCUT2D eigenvalue weighted by molar-refractivity contribution is 8.01. The summed E-state index contributed by atoms with van der Waals surface area (Å²) in [6, 6.07) is 7.66. The minimum Gasteiger partial charge on any atom is -0.322 e. The van der Waals surface area contributed by atoms with Crippen molar-refractivity contribution in [1.29, 1.82) is 0 Å². The number of nitrogens with one attached hydrogen (secondary N) is 1.